The molecule has 0 saturated carbocycles. The average molecular weight is 303 g/mol. The highest BCUT2D eigenvalue weighted by Gasteiger charge is 2.19. The van der Waals surface area contributed by atoms with Gasteiger partial charge in [0.1, 0.15) is 5.76 Å². The molecule has 1 aromatic heterocycles. The Balaban J connectivity index is 2.54. The Hall–Kier alpha value is -1.38. The van der Waals surface area contributed by atoms with E-state index < -0.39 is 10.0 Å². The summed E-state index contributed by atoms with van der Waals surface area (Å²) >= 11 is 0. The van der Waals surface area contributed by atoms with Crippen LogP contribution < -0.4 is 5.32 Å². The maximum Gasteiger partial charge on any atom is 0.235 e. The first-order valence-corrected chi connectivity index (χ1v) is 7.94. The van der Waals surface area contributed by atoms with Gasteiger partial charge in [0.15, 0.2) is 0 Å². The van der Waals surface area contributed by atoms with Crippen LogP contribution in [0.1, 0.15) is 11.8 Å². The predicted molar refractivity (Wildman–Crippen MR) is 75.6 cm³/mol. The van der Waals surface area contributed by atoms with Crippen LogP contribution in [0.15, 0.2) is 22.8 Å². The first-order valence-electron chi connectivity index (χ1n) is 6.09. The number of carbonyl (C=O) groups is 1. The molecule has 0 aromatic carbocycles. The van der Waals surface area contributed by atoms with Gasteiger partial charge in [0, 0.05) is 13.6 Å². The minimum Gasteiger partial charge on any atom is -0.468 e. The number of nitrogens with zero attached hydrogens (tertiary/aromatic N) is 2. The van der Waals surface area contributed by atoms with Gasteiger partial charge in [0.25, 0.3) is 0 Å². The van der Waals surface area contributed by atoms with E-state index in [0.717, 1.165) is 16.3 Å². The SMILES string of the molecule is CN(C)C(CNC(=O)CN(C)S(C)(=O)=O)c1ccco1. The van der Waals surface area contributed by atoms with Gasteiger partial charge in [0.2, 0.25) is 15.9 Å². The van der Waals surface area contributed by atoms with Gasteiger partial charge in [-0.3, -0.25) is 9.69 Å². The average Bonchev–Trinajstić information content (AvgIpc) is 2.81. The third-order valence-electron chi connectivity index (χ3n) is 2.92. The number of hydrogen-bond donors (Lipinski definition) is 1. The van der Waals surface area contributed by atoms with E-state index in [1.165, 1.54) is 7.05 Å². The van der Waals surface area contributed by atoms with Gasteiger partial charge < -0.3 is 9.73 Å². The Kier molecular flexibility index (Phi) is 5.73. The third kappa shape index (κ3) is 4.95. The smallest absolute Gasteiger partial charge is 0.235 e. The second-order valence-electron chi connectivity index (χ2n) is 4.82. The van der Waals surface area contributed by atoms with Crippen molar-refractivity contribution in [2.24, 2.45) is 0 Å². The normalized spacial score (nSPS) is 13.7. The zero-order chi connectivity index (χ0) is 15.3. The Bertz CT molecular complexity index is 525. The zero-order valence-corrected chi connectivity index (χ0v) is 13.0. The molecule has 20 heavy (non-hydrogen) atoms. The number of amides is 1. The highest BCUT2D eigenvalue weighted by molar-refractivity contribution is 7.88. The molecule has 1 amide bonds. The molecule has 1 unspecified atom stereocenters. The van der Waals surface area contributed by atoms with Crippen LogP contribution in [0.3, 0.4) is 0 Å². The molecule has 1 atom stereocenters. The Labute approximate surface area is 119 Å². The summed E-state index contributed by atoms with van der Waals surface area (Å²) in [6.45, 7) is 0.147. The van der Waals surface area contributed by atoms with Crippen LogP contribution in [0.25, 0.3) is 0 Å². The quantitative estimate of drug-likeness (QED) is 0.760. The molecule has 0 saturated heterocycles. The topological polar surface area (TPSA) is 82.9 Å². The summed E-state index contributed by atoms with van der Waals surface area (Å²) in [6, 6.07) is 3.52. The van der Waals surface area contributed by atoms with Crippen LogP contribution in [-0.4, -0.2) is 64.0 Å². The van der Waals surface area contributed by atoms with Crippen LogP contribution in [0.5, 0.6) is 0 Å². The van der Waals surface area contributed by atoms with Crippen molar-refractivity contribution in [2.45, 2.75) is 6.04 Å². The van der Waals surface area contributed by atoms with Crippen molar-refractivity contribution in [1.82, 2.24) is 14.5 Å². The highest BCUT2D eigenvalue weighted by atomic mass is 32.2. The van der Waals surface area contributed by atoms with Gasteiger partial charge in [-0.2, -0.15) is 4.31 Å². The Morgan fingerprint density at radius 1 is 1.40 bits per heavy atom. The van der Waals surface area contributed by atoms with E-state index in [1.54, 1.807) is 12.3 Å². The van der Waals surface area contributed by atoms with Crippen molar-refractivity contribution < 1.29 is 17.6 Å². The monoisotopic (exact) mass is 303 g/mol. The first kappa shape index (κ1) is 16.7. The molecular formula is C12H21N3O4S. The second-order valence-corrected chi connectivity index (χ2v) is 6.91. The highest BCUT2D eigenvalue weighted by Crippen LogP contribution is 2.17. The fraction of sp³-hybridized carbons (Fsp3) is 0.583. The second kappa shape index (κ2) is 6.87. The van der Waals surface area contributed by atoms with Crippen LogP contribution in [-0.2, 0) is 14.8 Å². The molecular weight excluding hydrogens is 282 g/mol. The van der Waals surface area contributed by atoms with Crippen molar-refractivity contribution in [3.05, 3.63) is 24.2 Å². The molecule has 7 nitrogen and oxygen atoms in total. The number of hydrogen-bond acceptors (Lipinski definition) is 5. The molecule has 1 aromatic rings. The van der Waals surface area contributed by atoms with E-state index in [9.17, 15) is 13.2 Å². The molecule has 8 heteroatoms. The van der Waals surface area contributed by atoms with Crippen molar-refractivity contribution in [2.75, 3.05) is 40.5 Å². The van der Waals surface area contributed by atoms with Gasteiger partial charge in [-0.05, 0) is 26.2 Å². The maximum atomic E-state index is 11.7. The van der Waals surface area contributed by atoms with Crippen molar-refractivity contribution >= 4 is 15.9 Å². The van der Waals surface area contributed by atoms with Crippen molar-refractivity contribution in [3.8, 4) is 0 Å². The summed E-state index contributed by atoms with van der Waals surface area (Å²) in [5.41, 5.74) is 0. The number of likely N-dealkylation sites (N-methyl/N-ethyl adjacent to an activating group) is 2. The Morgan fingerprint density at radius 2 is 2.05 bits per heavy atom. The fourth-order valence-corrected chi connectivity index (χ4v) is 1.96. The van der Waals surface area contributed by atoms with Crippen molar-refractivity contribution in [3.63, 3.8) is 0 Å². The molecule has 0 aliphatic carbocycles. The lowest BCUT2D eigenvalue weighted by Crippen LogP contribution is -2.41. The van der Waals surface area contributed by atoms with Crippen molar-refractivity contribution in [1.29, 1.82) is 0 Å². The third-order valence-corrected chi connectivity index (χ3v) is 4.18. The molecule has 0 spiro atoms. The van der Waals surface area contributed by atoms with E-state index in [0.29, 0.717) is 6.54 Å². The number of rotatable bonds is 7. The first-order chi connectivity index (χ1) is 9.21. The summed E-state index contributed by atoms with van der Waals surface area (Å²) in [7, 11) is 1.77. The minimum absolute atomic E-state index is 0.0995. The molecule has 0 bridgehead atoms. The Morgan fingerprint density at radius 3 is 2.50 bits per heavy atom. The minimum atomic E-state index is -3.35. The predicted octanol–water partition coefficient (Wildman–Crippen LogP) is -0.110. The summed E-state index contributed by atoms with van der Waals surface area (Å²) in [5, 5.41) is 2.71. The maximum absolute atomic E-state index is 11.7. The summed E-state index contributed by atoms with van der Waals surface area (Å²) in [4.78, 5) is 13.6. The number of sulfonamides is 1. The number of furan rings is 1. The van der Waals surface area contributed by atoms with Gasteiger partial charge in [0.05, 0.1) is 25.1 Å². The van der Waals surface area contributed by atoms with E-state index >= 15 is 0 Å². The molecule has 1 rings (SSSR count). The van der Waals surface area contributed by atoms with Crippen LogP contribution in [0.2, 0.25) is 0 Å². The van der Waals surface area contributed by atoms with E-state index in [2.05, 4.69) is 5.32 Å². The lowest BCUT2D eigenvalue weighted by Gasteiger charge is -2.23. The molecule has 114 valence electrons. The lowest BCUT2D eigenvalue weighted by molar-refractivity contribution is -0.121. The summed E-state index contributed by atoms with van der Waals surface area (Å²) in [5.74, 6) is 0.392. The summed E-state index contributed by atoms with van der Waals surface area (Å²) < 4.78 is 28.8. The molecule has 0 radical (unpaired) electrons. The molecule has 0 fully saturated rings. The standard InChI is InChI=1S/C12H21N3O4S/c1-14(2)10(11-6-5-7-19-11)8-13-12(16)9-15(3)20(4,17)18/h5-7,10H,8-9H2,1-4H3,(H,13,16). The van der Waals surface area contributed by atoms with Gasteiger partial charge >= 0.3 is 0 Å². The molecule has 1 N–H and O–H groups in total. The molecule has 1 heterocycles. The van der Waals surface area contributed by atoms with Gasteiger partial charge in [-0.1, -0.05) is 0 Å². The van der Waals surface area contributed by atoms with Crippen LogP contribution in [0.4, 0.5) is 0 Å². The molecule has 0 aliphatic rings. The fourth-order valence-electron chi connectivity index (χ4n) is 1.60. The lowest BCUT2D eigenvalue weighted by atomic mass is 10.2. The van der Waals surface area contributed by atoms with Gasteiger partial charge in [-0.25, -0.2) is 8.42 Å². The van der Waals surface area contributed by atoms with Crippen LogP contribution >= 0.6 is 0 Å². The molecule has 0 aliphatic heterocycles. The van der Waals surface area contributed by atoms with E-state index in [4.69, 9.17) is 4.42 Å². The number of carbonyl (C=O) groups excluding carboxylic acids is 1. The van der Waals surface area contributed by atoms with E-state index in [1.807, 2.05) is 25.1 Å². The summed E-state index contributed by atoms with van der Waals surface area (Å²) in [6.07, 6.45) is 2.64. The van der Waals surface area contributed by atoms with E-state index in [-0.39, 0.29) is 18.5 Å². The largest absolute Gasteiger partial charge is 0.468 e. The van der Waals surface area contributed by atoms with Crippen LogP contribution in [0, 0.1) is 0 Å². The van der Waals surface area contributed by atoms with Gasteiger partial charge in [-0.15, -0.1) is 0 Å². The zero-order valence-electron chi connectivity index (χ0n) is 12.2. The number of nitrogens with one attached hydrogen (secondary N) is 1.